The molecule has 0 saturated carbocycles. The molecule has 0 fully saturated rings. The van der Waals surface area contributed by atoms with Gasteiger partial charge in [-0.2, -0.15) is 0 Å². The molecule has 0 aliphatic rings. The van der Waals surface area contributed by atoms with Crippen LogP contribution in [-0.4, -0.2) is 7.05 Å². The summed E-state index contributed by atoms with van der Waals surface area (Å²) >= 11 is 0. The first-order chi connectivity index (χ1) is 10.2. The van der Waals surface area contributed by atoms with Crippen molar-refractivity contribution in [3.05, 3.63) is 71.2 Å². The van der Waals surface area contributed by atoms with Gasteiger partial charge in [-0.3, -0.25) is 0 Å². The van der Waals surface area contributed by atoms with Crippen molar-refractivity contribution >= 4 is 11.0 Å². The van der Waals surface area contributed by atoms with Crippen molar-refractivity contribution in [2.24, 2.45) is 0 Å². The van der Waals surface area contributed by atoms with E-state index in [2.05, 4.69) is 36.5 Å². The van der Waals surface area contributed by atoms with Gasteiger partial charge in [0.15, 0.2) is 0 Å². The van der Waals surface area contributed by atoms with Crippen molar-refractivity contribution in [1.82, 2.24) is 5.32 Å². The summed E-state index contributed by atoms with van der Waals surface area (Å²) in [5.74, 6) is 0.547. The fourth-order valence-electron chi connectivity index (χ4n) is 2.60. The molecule has 1 aromatic heterocycles. The zero-order valence-electron chi connectivity index (χ0n) is 12.2. The lowest BCUT2D eigenvalue weighted by molar-refractivity contribution is 0.491. The predicted molar refractivity (Wildman–Crippen MR) is 82.9 cm³/mol. The van der Waals surface area contributed by atoms with Crippen LogP contribution in [0, 0.1) is 5.82 Å². The van der Waals surface area contributed by atoms with Gasteiger partial charge >= 0.3 is 0 Å². The maximum absolute atomic E-state index is 13.3. The van der Waals surface area contributed by atoms with E-state index in [1.807, 2.05) is 13.1 Å². The smallest absolute Gasteiger partial charge is 0.134 e. The topological polar surface area (TPSA) is 25.2 Å². The number of hydrogen-bond donors (Lipinski definition) is 1. The Balaban J connectivity index is 2.00. The molecule has 2 aromatic carbocycles. The molecule has 0 saturated heterocycles. The van der Waals surface area contributed by atoms with Crippen molar-refractivity contribution in [2.75, 3.05) is 7.05 Å². The van der Waals surface area contributed by atoms with E-state index < -0.39 is 0 Å². The fraction of sp³-hybridized carbons (Fsp3) is 0.222. The van der Waals surface area contributed by atoms with E-state index in [9.17, 15) is 4.39 Å². The second-order valence-corrected chi connectivity index (χ2v) is 5.15. The Morgan fingerprint density at radius 3 is 2.52 bits per heavy atom. The number of furan rings is 1. The van der Waals surface area contributed by atoms with E-state index in [1.165, 1.54) is 17.7 Å². The molecule has 0 aliphatic heterocycles. The summed E-state index contributed by atoms with van der Waals surface area (Å²) in [6, 6.07) is 14.9. The Labute approximate surface area is 123 Å². The van der Waals surface area contributed by atoms with Gasteiger partial charge in [0.05, 0.1) is 6.04 Å². The first-order valence-electron chi connectivity index (χ1n) is 7.16. The van der Waals surface area contributed by atoms with Gasteiger partial charge < -0.3 is 9.73 Å². The quantitative estimate of drug-likeness (QED) is 0.765. The molecule has 3 rings (SSSR count). The van der Waals surface area contributed by atoms with Crippen LogP contribution in [0.15, 0.2) is 52.9 Å². The summed E-state index contributed by atoms with van der Waals surface area (Å²) in [6.45, 7) is 2.14. The molecule has 0 radical (unpaired) electrons. The minimum Gasteiger partial charge on any atom is -0.459 e. The third-order valence-corrected chi connectivity index (χ3v) is 3.79. The molecule has 3 heteroatoms. The van der Waals surface area contributed by atoms with Crippen molar-refractivity contribution in [1.29, 1.82) is 0 Å². The molecule has 0 amide bonds. The predicted octanol–water partition coefficient (Wildman–Crippen LogP) is 4.44. The molecule has 1 unspecified atom stereocenters. The van der Waals surface area contributed by atoms with Crippen molar-refractivity contribution in [2.45, 2.75) is 19.4 Å². The highest BCUT2D eigenvalue weighted by Crippen LogP contribution is 2.28. The average molecular weight is 283 g/mol. The molecule has 0 aliphatic carbocycles. The Morgan fingerprint density at radius 2 is 1.86 bits per heavy atom. The number of nitrogens with one attached hydrogen (secondary N) is 1. The molecule has 21 heavy (non-hydrogen) atoms. The molecule has 1 heterocycles. The number of fused-ring (bicyclic) bond motifs is 1. The van der Waals surface area contributed by atoms with Gasteiger partial charge in [-0.05, 0) is 48.9 Å². The monoisotopic (exact) mass is 283 g/mol. The van der Waals surface area contributed by atoms with Crippen LogP contribution in [0.25, 0.3) is 11.0 Å². The number of rotatable bonds is 4. The largest absolute Gasteiger partial charge is 0.459 e. The summed E-state index contributed by atoms with van der Waals surface area (Å²) in [7, 11) is 1.90. The number of halogens is 1. The molecule has 0 bridgehead atoms. The molecule has 3 aromatic rings. The summed E-state index contributed by atoms with van der Waals surface area (Å²) in [5.41, 5.74) is 3.14. The molecular weight excluding hydrogens is 265 g/mol. The van der Waals surface area contributed by atoms with E-state index >= 15 is 0 Å². The Morgan fingerprint density at radius 1 is 1.10 bits per heavy atom. The summed E-state index contributed by atoms with van der Waals surface area (Å²) in [5, 5.41) is 4.05. The highest BCUT2D eigenvalue weighted by molar-refractivity contribution is 5.78. The van der Waals surface area contributed by atoms with Gasteiger partial charge in [0.1, 0.15) is 17.2 Å². The number of aryl methyl sites for hydroxylation is 1. The maximum Gasteiger partial charge on any atom is 0.134 e. The van der Waals surface area contributed by atoms with Gasteiger partial charge in [0.2, 0.25) is 0 Å². The second-order valence-electron chi connectivity index (χ2n) is 5.15. The van der Waals surface area contributed by atoms with Crippen LogP contribution >= 0.6 is 0 Å². The molecule has 2 nitrogen and oxygen atoms in total. The van der Waals surface area contributed by atoms with Gasteiger partial charge in [0.25, 0.3) is 0 Å². The van der Waals surface area contributed by atoms with Gasteiger partial charge in [-0.15, -0.1) is 0 Å². The summed E-state index contributed by atoms with van der Waals surface area (Å²) < 4.78 is 19.1. The fourth-order valence-corrected chi connectivity index (χ4v) is 2.60. The van der Waals surface area contributed by atoms with Crippen LogP contribution in [0.3, 0.4) is 0 Å². The second kappa shape index (κ2) is 5.70. The lowest BCUT2D eigenvalue weighted by Gasteiger charge is -2.14. The van der Waals surface area contributed by atoms with E-state index in [4.69, 9.17) is 4.42 Å². The van der Waals surface area contributed by atoms with Crippen molar-refractivity contribution in [3.8, 4) is 0 Å². The third-order valence-electron chi connectivity index (χ3n) is 3.79. The average Bonchev–Trinajstić information content (AvgIpc) is 2.91. The Bertz CT molecular complexity index is 746. The zero-order valence-corrected chi connectivity index (χ0v) is 12.2. The Kier molecular flexibility index (Phi) is 3.76. The van der Waals surface area contributed by atoms with Crippen molar-refractivity contribution in [3.63, 3.8) is 0 Å². The van der Waals surface area contributed by atoms with Crippen LogP contribution in [-0.2, 0) is 6.42 Å². The van der Waals surface area contributed by atoms with Gasteiger partial charge in [-0.25, -0.2) is 4.39 Å². The van der Waals surface area contributed by atoms with E-state index in [1.54, 1.807) is 6.07 Å². The highest BCUT2D eigenvalue weighted by Gasteiger charge is 2.17. The summed E-state index contributed by atoms with van der Waals surface area (Å²) in [6.07, 6.45) is 1.02. The minimum absolute atomic E-state index is 0.0358. The normalized spacial score (nSPS) is 12.7. The SMILES string of the molecule is CCc1ccc(C(NC)c2cc3cc(F)ccc3o2)cc1. The summed E-state index contributed by atoms with van der Waals surface area (Å²) in [4.78, 5) is 0. The van der Waals surface area contributed by atoms with Crippen molar-refractivity contribution < 1.29 is 8.81 Å². The lowest BCUT2D eigenvalue weighted by atomic mass is 10.0. The van der Waals surface area contributed by atoms with E-state index in [0.29, 0.717) is 5.58 Å². The van der Waals surface area contributed by atoms with Crippen LogP contribution in [0.4, 0.5) is 4.39 Å². The molecule has 1 atom stereocenters. The minimum atomic E-state index is -0.247. The zero-order chi connectivity index (χ0) is 14.8. The number of hydrogen-bond acceptors (Lipinski definition) is 2. The first kappa shape index (κ1) is 13.8. The van der Waals surface area contributed by atoms with Gasteiger partial charge in [0, 0.05) is 5.39 Å². The third kappa shape index (κ3) is 2.69. The van der Waals surface area contributed by atoms with Crippen LogP contribution in [0.5, 0.6) is 0 Å². The number of benzene rings is 2. The van der Waals surface area contributed by atoms with Crippen LogP contribution < -0.4 is 5.32 Å². The van der Waals surface area contributed by atoms with Gasteiger partial charge in [-0.1, -0.05) is 31.2 Å². The molecule has 1 N–H and O–H groups in total. The molecule has 0 spiro atoms. The maximum atomic E-state index is 13.3. The molecular formula is C18H18FNO. The van der Waals surface area contributed by atoms with E-state index in [-0.39, 0.29) is 11.9 Å². The molecule has 108 valence electrons. The highest BCUT2D eigenvalue weighted by atomic mass is 19.1. The Hall–Kier alpha value is -2.13. The van der Waals surface area contributed by atoms with Crippen LogP contribution in [0.2, 0.25) is 0 Å². The van der Waals surface area contributed by atoms with Crippen LogP contribution in [0.1, 0.15) is 29.9 Å². The standard InChI is InChI=1S/C18H18FNO/c1-3-12-4-6-13(7-5-12)18(20-2)17-11-14-10-15(19)8-9-16(14)21-17/h4-11,18,20H,3H2,1-2H3. The lowest BCUT2D eigenvalue weighted by Crippen LogP contribution is -2.16. The van der Waals surface area contributed by atoms with E-state index in [0.717, 1.165) is 23.1 Å². The first-order valence-corrected chi connectivity index (χ1v) is 7.16.